The Morgan fingerprint density at radius 2 is 1.85 bits per heavy atom. The van der Waals surface area contributed by atoms with Crippen LogP contribution in [0.15, 0.2) is 24.3 Å². The van der Waals surface area contributed by atoms with Crippen LogP contribution in [0.3, 0.4) is 0 Å². The van der Waals surface area contributed by atoms with E-state index in [0.29, 0.717) is 30.9 Å². The Morgan fingerprint density at radius 3 is 2.52 bits per heavy atom. The summed E-state index contributed by atoms with van der Waals surface area (Å²) in [5.41, 5.74) is 0.130. The second-order valence-corrected chi connectivity index (χ2v) is 12.0. The van der Waals surface area contributed by atoms with Crippen LogP contribution >= 0.6 is 23.2 Å². The fraction of sp³-hybridized carbons (Fsp3) is 0.731. The SMILES string of the molecule is COCCN(C[C@@H]1CCCN2CCCC[C@H]12)C(=O)C(C)(C)Oc1ccc([C@@H]2CC2(Cl)Cl)cc1. The zero-order chi connectivity index (χ0) is 23.6. The summed E-state index contributed by atoms with van der Waals surface area (Å²) >= 11 is 12.4. The van der Waals surface area contributed by atoms with E-state index in [1.807, 2.05) is 43.0 Å². The first-order valence-corrected chi connectivity index (χ1v) is 13.2. The third kappa shape index (κ3) is 5.98. The molecule has 2 heterocycles. The minimum Gasteiger partial charge on any atom is -0.478 e. The van der Waals surface area contributed by atoms with E-state index in [2.05, 4.69) is 4.90 Å². The van der Waals surface area contributed by atoms with Gasteiger partial charge in [0.1, 0.15) is 10.1 Å². The number of fused-ring (bicyclic) bond motifs is 1. The summed E-state index contributed by atoms with van der Waals surface area (Å²) in [5.74, 6) is 1.37. The Balaban J connectivity index is 1.42. The van der Waals surface area contributed by atoms with Crippen LogP contribution in [-0.2, 0) is 9.53 Å². The summed E-state index contributed by atoms with van der Waals surface area (Å²) in [6, 6.07) is 8.41. The fourth-order valence-electron chi connectivity index (χ4n) is 5.61. The number of nitrogens with zero attached hydrogens (tertiary/aromatic N) is 2. The van der Waals surface area contributed by atoms with Crippen molar-refractivity contribution in [1.29, 1.82) is 0 Å². The van der Waals surface area contributed by atoms with Gasteiger partial charge in [0.2, 0.25) is 0 Å². The van der Waals surface area contributed by atoms with Crippen LogP contribution in [-0.4, -0.2) is 71.6 Å². The van der Waals surface area contributed by atoms with Crippen molar-refractivity contribution in [3.05, 3.63) is 29.8 Å². The number of carbonyl (C=O) groups excluding carboxylic acids is 1. The molecular formula is C26H38Cl2N2O3. The first kappa shape index (κ1) is 25.1. The number of carbonyl (C=O) groups is 1. The molecule has 0 bridgehead atoms. The summed E-state index contributed by atoms with van der Waals surface area (Å²) < 4.78 is 10.9. The molecule has 2 aliphatic heterocycles. The molecule has 5 nitrogen and oxygen atoms in total. The maximum Gasteiger partial charge on any atom is 0.266 e. The van der Waals surface area contributed by atoms with Gasteiger partial charge in [-0.1, -0.05) is 18.6 Å². The molecule has 1 aromatic rings. The number of methoxy groups -OCH3 is 1. The number of benzene rings is 1. The Hall–Kier alpha value is -1.01. The summed E-state index contributed by atoms with van der Waals surface area (Å²) in [5, 5.41) is 0. The molecule has 1 amide bonds. The third-order valence-corrected chi connectivity index (χ3v) is 8.37. The quantitative estimate of drug-likeness (QED) is 0.438. The average molecular weight is 498 g/mol. The molecule has 3 fully saturated rings. The lowest BCUT2D eigenvalue weighted by atomic mass is 9.83. The molecule has 1 saturated carbocycles. The van der Waals surface area contributed by atoms with Crippen LogP contribution in [0.4, 0.5) is 0 Å². The van der Waals surface area contributed by atoms with Crippen molar-refractivity contribution in [3.8, 4) is 5.75 Å². The van der Waals surface area contributed by atoms with Crippen LogP contribution in [0, 0.1) is 5.92 Å². The molecule has 0 radical (unpaired) electrons. The minimum atomic E-state index is -0.974. The number of alkyl halides is 2. The molecule has 184 valence electrons. The highest BCUT2D eigenvalue weighted by molar-refractivity contribution is 6.51. The van der Waals surface area contributed by atoms with Crippen molar-refractivity contribution in [3.63, 3.8) is 0 Å². The van der Waals surface area contributed by atoms with Gasteiger partial charge in [-0.15, -0.1) is 23.2 Å². The molecule has 4 rings (SSSR count). The van der Waals surface area contributed by atoms with Gasteiger partial charge in [-0.3, -0.25) is 4.79 Å². The normalized spacial score (nSPS) is 27.0. The highest BCUT2D eigenvalue weighted by Crippen LogP contribution is 2.59. The monoisotopic (exact) mass is 496 g/mol. The first-order valence-electron chi connectivity index (χ1n) is 12.4. The maximum absolute atomic E-state index is 13.7. The fourth-order valence-corrected chi connectivity index (χ4v) is 6.17. The summed E-state index contributed by atoms with van der Waals surface area (Å²) in [6.45, 7) is 8.00. The van der Waals surface area contributed by atoms with Gasteiger partial charge >= 0.3 is 0 Å². The second kappa shape index (κ2) is 10.3. The number of rotatable bonds is 9. The lowest BCUT2D eigenvalue weighted by Gasteiger charge is -2.46. The molecule has 0 aromatic heterocycles. The first-order chi connectivity index (χ1) is 15.7. The van der Waals surface area contributed by atoms with Gasteiger partial charge < -0.3 is 19.3 Å². The van der Waals surface area contributed by atoms with Gasteiger partial charge in [0.05, 0.1) is 6.61 Å². The summed E-state index contributed by atoms with van der Waals surface area (Å²) in [7, 11) is 1.69. The predicted molar refractivity (Wildman–Crippen MR) is 133 cm³/mol. The lowest BCUT2D eigenvalue weighted by Crippen LogP contribution is -2.55. The van der Waals surface area contributed by atoms with E-state index >= 15 is 0 Å². The van der Waals surface area contributed by atoms with E-state index in [0.717, 1.165) is 18.5 Å². The van der Waals surface area contributed by atoms with E-state index in [-0.39, 0.29) is 11.8 Å². The van der Waals surface area contributed by atoms with Crippen LogP contribution in [0.5, 0.6) is 5.75 Å². The molecule has 33 heavy (non-hydrogen) atoms. The van der Waals surface area contributed by atoms with E-state index in [1.54, 1.807) is 7.11 Å². The van der Waals surface area contributed by atoms with Gasteiger partial charge in [0.15, 0.2) is 5.60 Å². The molecule has 2 saturated heterocycles. The van der Waals surface area contributed by atoms with Crippen LogP contribution < -0.4 is 4.74 Å². The van der Waals surface area contributed by atoms with Gasteiger partial charge in [-0.25, -0.2) is 0 Å². The smallest absolute Gasteiger partial charge is 0.266 e. The zero-order valence-electron chi connectivity index (χ0n) is 20.2. The number of amides is 1. The molecule has 0 N–H and O–H groups in total. The number of hydrogen-bond donors (Lipinski definition) is 0. The van der Waals surface area contributed by atoms with Crippen molar-refractivity contribution >= 4 is 29.1 Å². The Labute approximate surface area is 208 Å². The molecule has 1 aliphatic carbocycles. The van der Waals surface area contributed by atoms with Crippen molar-refractivity contribution in [2.75, 3.05) is 39.9 Å². The topological polar surface area (TPSA) is 42.0 Å². The molecular weight excluding hydrogens is 459 g/mol. The predicted octanol–water partition coefficient (Wildman–Crippen LogP) is 5.24. The molecule has 1 aromatic carbocycles. The number of halogens is 2. The summed E-state index contributed by atoms with van der Waals surface area (Å²) in [4.78, 5) is 18.3. The van der Waals surface area contributed by atoms with Crippen molar-refractivity contribution in [2.45, 2.75) is 74.3 Å². The Kier molecular flexibility index (Phi) is 7.84. The number of ether oxygens (including phenoxy) is 2. The van der Waals surface area contributed by atoms with E-state index in [9.17, 15) is 4.79 Å². The molecule has 0 spiro atoms. The second-order valence-electron chi connectivity index (χ2n) is 10.4. The number of piperidine rings is 2. The van der Waals surface area contributed by atoms with E-state index < -0.39 is 9.93 Å². The van der Waals surface area contributed by atoms with Gasteiger partial charge in [-0.2, -0.15) is 0 Å². The molecule has 7 heteroatoms. The molecule has 3 aliphatic rings. The standard InChI is InChI=1S/C26H38Cl2N2O3/c1-25(2,33-21-11-9-19(10-12-21)22-17-26(22,27)28)24(31)30(15-16-32-3)18-20-7-6-14-29-13-5-4-8-23(20)29/h9-12,20,22-23H,4-8,13-18H2,1-3H3/t20-,22-,23+/m0/s1. The Bertz CT molecular complexity index is 812. The van der Waals surface area contributed by atoms with Crippen LogP contribution in [0.2, 0.25) is 0 Å². The molecule has 3 atom stereocenters. The van der Waals surface area contributed by atoms with Gasteiger partial charge in [0, 0.05) is 32.2 Å². The largest absolute Gasteiger partial charge is 0.478 e. The van der Waals surface area contributed by atoms with Crippen molar-refractivity contribution < 1.29 is 14.3 Å². The van der Waals surface area contributed by atoms with Gasteiger partial charge in [0.25, 0.3) is 5.91 Å². The molecule has 0 unspecified atom stereocenters. The Morgan fingerprint density at radius 1 is 1.15 bits per heavy atom. The van der Waals surface area contributed by atoms with E-state index in [1.165, 1.54) is 45.2 Å². The van der Waals surface area contributed by atoms with Crippen molar-refractivity contribution in [2.24, 2.45) is 5.92 Å². The minimum absolute atomic E-state index is 0.0132. The average Bonchev–Trinajstić information content (AvgIpc) is 3.44. The maximum atomic E-state index is 13.7. The van der Waals surface area contributed by atoms with Crippen molar-refractivity contribution in [1.82, 2.24) is 9.80 Å². The van der Waals surface area contributed by atoms with Crippen LogP contribution in [0.1, 0.15) is 63.9 Å². The number of hydrogen-bond acceptors (Lipinski definition) is 4. The summed E-state index contributed by atoms with van der Waals surface area (Å²) in [6.07, 6.45) is 7.01. The zero-order valence-corrected chi connectivity index (χ0v) is 21.7. The van der Waals surface area contributed by atoms with Gasteiger partial charge in [-0.05, 0) is 82.7 Å². The van der Waals surface area contributed by atoms with Crippen LogP contribution in [0.25, 0.3) is 0 Å². The highest BCUT2D eigenvalue weighted by atomic mass is 35.5. The lowest BCUT2D eigenvalue weighted by molar-refractivity contribution is -0.147. The third-order valence-electron chi connectivity index (χ3n) is 7.53. The van der Waals surface area contributed by atoms with E-state index in [4.69, 9.17) is 32.7 Å². The highest BCUT2D eigenvalue weighted by Gasteiger charge is 2.52.